The molecular formula is C25H36MoN3Si. The molecule has 0 amide bonds. The molecule has 0 aliphatic heterocycles. The van der Waals surface area contributed by atoms with Crippen LogP contribution in [0.3, 0.4) is 0 Å². The molecule has 30 heavy (non-hydrogen) atoms. The molecule has 2 aromatic rings. The van der Waals surface area contributed by atoms with E-state index in [1.165, 1.54) is 21.3 Å². The van der Waals surface area contributed by atoms with Gasteiger partial charge in [0.2, 0.25) is 0 Å². The first-order chi connectivity index (χ1) is 13.9. The Bertz CT molecular complexity index is 711. The minimum absolute atomic E-state index is 0. The average Bonchev–Trinajstić information content (AvgIpc) is 3.11. The van der Waals surface area contributed by atoms with Crippen molar-refractivity contribution in [3.8, 4) is 0 Å². The Morgan fingerprint density at radius 3 is 1.57 bits per heavy atom. The molecular weight excluding hydrogens is 466 g/mol. The van der Waals surface area contributed by atoms with Crippen LogP contribution >= 0.6 is 0 Å². The van der Waals surface area contributed by atoms with E-state index in [2.05, 4.69) is 110 Å². The predicted molar refractivity (Wildman–Crippen MR) is 132 cm³/mol. The zero-order valence-electron chi connectivity index (χ0n) is 19.4. The summed E-state index contributed by atoms with van der Waals surface area (Å²) >= 11 is 0. The maximum absolute atomic E-state index is 3.68. The molecule has 3 nitrogen and oxygen atoms in total. The molecule has 0 saturated heterocycles. The molecule has 0 heterocycles. The van der Waals surface area contributed by atoms with E-state index in [4.69, 9.17) is 0 Å². The van der Waals surface area contributed by atoms with Crippen LogP contribution in [0.1, 0.15) is 27.2 Å². The first-order valence-corrected chi connectivity index (χ1v) is 11.8. The second kappa shape index (κ2) is 15.4. The third-order valence-electron chi connectivity index (χ3n) is 3.95. The molecule has 0 saturated carbocycles. The van der Waals surface area contributed by atoms with E-state index in [9.17, 15) is 0 Å². The SMILES string of the molecule is CC(C)(C)NC1=CC[C-]=C1[SiH](c1ccccc1)c1ccccc1.C[N-]C.C[N-]C.[Mo+3]. The van der Waals surface area contributed by atoms with Gasteiger partial charge in [0.1, 0.15) is 0 Å². The fraction of sp³-hybridized carbons (Fsp3) is 0.360. The topological polar surface area (TPSA) is 40.2 Å². The summed E-state index contributed by atoms with van der Waals surface area (Å²) in [5.41, 5.74) is 1.34. The quantitative estimate of drug-likeness (QED) is 0.494. The maximum atomic E-state index is 3.68. The molecule has 5 heteroatoms. The molecule has 0 unspecified atom stereocenters. The van der Waals surface area contributed by atoms with Crippen molar-refractivity contribution >= 4 is 19.2 Å². The third kappa shape index (κ3) is 10.0. The Morgan fingerprint density at radius 2 is 1.20 bits per heavy atom. The smallest absolute Gasteiger partial charge is 0.668 e. The average molecular weight is 503 g/mol. The van der Waals surface area contributed by atoms with Gasteiger partial charge in [0.25, 0.3) is 0 Å². The summed E-state index contributed by atoms with van der Waals surface area (Å²) in [7, 11) is 5.52. The van der Waals surface area contributed by atoms with Gasteiger partial charge in [-0.1, -0.05) is 71.0 Å². The van der Waals surface area contributed by atoms with Crippen molar-refractivity contribution in [1.82, 2.24) is 5.32 Å². The van der Waals surface area contributed by atoms with Gasteiger partial charge in [0.05, 0.1) is 8.80 Å². The zero-order valence-corrected chi connectivity index (χ0v) is 22.6. The van der Waals surface area contributed by atoms with Crippen LogP contribution in [0.15, 0.2) is 77.6 Å². The van der Waals surface area contributed by atoms with Crippen LogP contribution in [0.5, 0.6) is 0 Å². The normalized spacial score (nSPS) is 12.4. The van der Waals surface area contributed by atoms with Crippen molar-refractivity contribution in [2.75, 3.05) is 28.2 Å². The first kappa shape index (κ1) is 28.5. The number of allylic oxidation sites excluding steroid dienone is 3. The largest absolute Gasteiger partial charge is 3.00 e. The van der Waals surface area contributed by atoms with Crippen molar-refractivity contribution < 1.29 is 21.1 Å². The van der Waals surface area contributed by atoms with E-state index in [0.717, 1.165) is 6.42 Å². The van der Waals surface area contributed by atoms with Crippen LogP contribution in [0.4, 0.5) is 0 Å². The fourth-order valence-corrected chi connectivity index (χ4v) is 6.15. The van der Waals surface area contributed by atoms with E-state index in [0.29, 0.717) is 0 Å². The summed E-state index contributed by atoms with van der Waals surface area (Å²) < 4.78 is 0. The summed E-state index contributed by atoms with van der Waals surface area (Å²) in [6, 6.07) is 21.9. The van der Waals surface area contributed by atoms with E-state index >= 15 is 0 Å². The van der Waals surface area contributed by atoms with Crippen LogP contribution in [-0.2, 0) is 21.1 Å². The van der Waals surface area contributed by atoms with Crippen LogP contribution < -0.4 is 15.7 Å². The van der Waals surface area contributed by atoms with E-state index in [1.54, 1.807) is 28.2 Å². The Kier molecular flexibility index (Phi) is 14.6. The third-order valence-corrected chi connectivity index (χ3v) is 7.15. The molecule has 1 N–H and O–H groups in total. The van der Waals surface area contributed by atoms with Gasteiger partial charge in [-0.2, -0.15) is 34.3 Å². The number of hydrogen-bond donors (Lipinski definition) is 1. The maximum Gasteiger partial charge on any atom is 3.00 e. The Hall–Kier alpha value is -1.45. The van der Waals surface area contributed by atoms with Crippen molar-refractivity contribution in [1.29, 1.82) is 0 Å². The van der Waals surface area contributed by atoms with Gasteiger partial charge in [-0.25, -0.2) is 5.20 Å². The number of nitrogens with one attached hydrogen (secondary N) is 1. The second-order valence-electron chi connectivity index (χ2n) is 7.94. The predicted octanol–water partition coefficient (Wildman–Crippen LogP) is 4.21. The summed E-state index contributed by atoms with van der Waals surface area (Å²) in [5.74, 6) is 0. The standard InChI is InChI=1S/C21H24NSi.2C2H6N.Mo/c1-21(2,3)22-19-15-10-16-20(19)23(17-11-6-4-7-12-17)18-13-8-5-9-14-18;2*1-3-2;/h4-9,11-15,22-23H,10H2,1-3H3;2*1-2H3;/q3*-1;+3. The molecule has 161 valence electrons. The molecule has 0 aromatic heterocycles. The molecule has 0 fully saturated rings. The molecule has 0 bridgehead atoms. The Balaban J connectivity index is 0.00000108. The summed E-state index contributed by atoms with van der Waals surface area (Å²) in [4.78, 5) is 0. The van der Waals surface area contributed by atoms with Crippen molar-refractivity contribution in [2.24, 2.45) is 0 Å². The van der Waals surface area contributed by atoms with Crippen LogP contribution in [0.2, 0.25) is 0 Å². The zero-order chi connectivity index (χ0) is 21.7. The number of hydrogen-bond acceptors (Lipinski definition) is 1. The molecule has 1 aliphatic rings. The molecule has 2 aromatic carbocycles. The summed E-state index contributed by atoms with van der Waals surface area (Å²) in [6.45, 7) is 6.64. The van der Waals surface area contributed by atoms with Gasteiger partial charge in [0.15, 0.2) is 0 Å². The fourth-order valence-electron chi connectivity index (χ4n) is 3.06. The van der Waals surface area contributed by atoms with Crippen molar-refractivity contribution in [3.63, 3.8) is 0 Å². The van der Waals surface area contributed by atoms with E-state index < -0.39 is 8.80 Å². The Labute approximate surface area is 200 Å². The molecule has 1 aliphatic carbocycles. The summed E-state index contributed by atoms with van der Waals surface area (Å²) in [6.07, 6.45) is 6.85. The number of nitrogens with zero attached hydrogens (tertiary/aromatic N) is 2. The molecule has 0 spiro atoms. The summed E-state index contributed by atoms with van der Waals surface area (Å²) in [5, 5.41) is 15.0. The van der Waals surface area contributed by atoms with Gasteiger partial charge in [-0.3, -0.25) is 6.08 Å². The van der Waals surface area contributed by atoms with Gasteiger partial charge >= 0.3 is 21.1 Å². The first-order valence-electron chi connectivity index (χ1n) is 10.0. The van der Waals surface area contributed by atoms with Gasteiger partial charge in [-0.15, -0.1) is 12.1 Å². The molecule has 3 rings (SSSR count). The van der Waals surface area contributed by atoms with Crippen LogP contribution in [0.25, 0.3) is 10.6 Å². The number of benzene rings is 2. The second-order valence-corrected chi connectivity index (χ2v) is 10.7. The minimum Gasteiger partial charge on any atom is -0.668 e. The Morgan fingerprint density at radius 1 is 0.800 bits per heavy atom. The molecule has 1 radical (unpaired) electrons. The van der Waals surface area contributed by atoms with E-state index in [-0.39, 0.29) is 26.6 Å². The van der Waals surface area contributed by atoms with Crippen molar-refractivity contribution in [3.05, 3.63) is 94.3 Å². The minimum atomic E-state index is -1.48. The monoisotopic (exact) mass is 504 g/mol. The molecule has 0 atom stereocenters. The van der Waals surface area contributed by atoms with Crippen LogP contribution in [-0.4, -0.2) is 42.5 Å². The van der Waals surface area contributed by atoms with Gasteiger partial charge in [0, 0.05) is 5.54 Å². The van der Waals surface area contributed by atoms with Gasteiger partial charge in [-0.05, 0) is 20.8 Å². The number of rotatable bonds is 4. The van der Waals surface area contributed by atoms with Gasteiger partial charge < -0.3 is 16.0 Å². The van der Waals surface area contributed by atoms with E-state index in [1.807, 2.05) is 0 Å². The van der Waals surface area contributed by atoms with Crippen molar-refractivity contribution in [2.45, 2.75) is 32.7 Å². The van der Waals surface area contributed by atoms with Crippen LogP contribution in [0, 0.1) is 6.08 Å².